The molecule has 0 fully saturated rings. The molecule has 0 saturated heterocycles. The topological polar surface area (TPSA) is 110 Å². The molecule has 0 aliphatic rings. The molecule has 5 aromatic rings. The first-order valence-corrected chi connectivity index (χ1v) is 11.1. The lowest BCUT2D eigenvalue weighted by molar-refractivity contribution is -0.116. The molecule has 0 aliphatic carbocycles. The summed E-state index contributed by atoms with van der Waals surface area (Å²) >= 11 is 0. The van der Waals surface area contributed by atoms with Crippen LogP contribution in [0.5, 0.6) is 0 Å². The van der Waals surface area contributed by atoms with Gasteiger partial charge in [0.1, 0.15) is 5.82 Å². The van der Waals surface area contributed by atoms with Crippen molar-refractivity contribution in [3.8, 4) is 34.2 Å². The minimum Gasteiger partial charge on any atom is -0.339 e. The third-order valence-electron chi connectivity index (χ3n) is 5.34. The standard InChI is InChI=1S/C26H21FN6O2/c27-19-15-13-18(14-16-19)25-29-23(35-33-25)12-6-11-22(34)28-21-10-5-4-9-20(21)26-30-24(31-32-26)17-7-2-1-3-8-17/h1-5,7-10,13-16H,6,11-12H2,(H,28,34)(H,30,31,32). The number of rotatable bonds is 8. The van der Waals surface area contributed by atoms with Gasteiger partial charge in [0.25, 0.3) is 0 Å². The van der Waals surface area contributed by atoms with E-state index in [1.54, 1.807) is 12.1 Å². The lowest BCUT2D eigenvalue weighted by Crippen LogP contribution is -2.12. The van der Waals surface area contributed by atoms with Crippen LogP contribution >= 0.6 is 0 Å². The van der Waals surface area contributed by atoms with E-state index in [1.807, 2.05) is 54.6 Å². The molecule has 9 heteroatoms. The fraction of sp³-hybridized carbons (Fsp3) is 0.115. The fourth-order valence-corrected chi connectivity index (χ4v) is 3.58. The molecule has 1 amide bonds. The first-order valence-electron chi connectivity index (χ1n) is 11.1. The summed E-state index contributed by atoms with van der Waals surface area (Å²) in [5.41, 5.74) is 2.96. The summed E-state index contributed by atoms with van der Waals surface area (Å²) in [5.74, 6) is 1.50. The summed E-state index contributed by atoms with van der Waals surface area (Å²) < 4.78 is 18.3. The van der Waals surface area contributed by atoms with Crippen molar-refractivity contribution in [1.82, 2.24) is 25.3 Å². The van der Waals surface area contributed by atoms with Crippen molar-refractivity contribution in [1.29, 1.82) is 0 Å². The Balaban J connectivity index is 1.19. The maximum absolute atomic E-state index is 13.1. The minimum atomic E-state index is -0.329. The zero-order valence-corrected chi connectivity index (χ0v) is 18.6. The van der Waals surface area contributed by atoms with E-state index < -0.39 is 0 Å². The fourth-order valence-electron chi connectivity index (χ4n) is 3.58. The Hall–Kier alpha value is -4.66. The van der Waals surface area contributed by atoms with Crippen LogP contribution in [0, 0.1) is 5.82 Å². The Morgan fingerprint density at radius 3 is 2.46 bits per heavy atom. The third-order valence-corrected chi connectivity index (χ3v) is 5.34. The molecular formula is C26H21FN6O2. The van der Waals surface area contributed by atoms with Gasteiger partial charge < -0.3 is 9.84 Å². The summed E-state index contributed by atoms with van der Waals surface area (Å²) in [6, 6.07) is 23.0. The average Bonchev–Trinajstić information content (AvgIpc) is 3.56. The number of carbonyl (C=O) groups excluding carboxylic acids is 1. The number of hydrogen-bond donors (Lipinski definition) is 2. The van der Waals surface area contributed by atoms with E-state index in [4.69, 9.17) is 4.52 Å². The Morgan fingerprint density at radius 1 is 0.886 bits per heavy atom. The Kier molecular flexibility index (Phi) is 6.38. The van der Waals surface area contributed by atoms with E-state index in [0.29, 0.717) is 47.5 Å². The molecule has 8 nitrogen and oxygen atoms in total. The first-order chi connectivity index (χ1) is 17.2. The number of anilines is 1. The van der Waals surface area contributed by atoms with Crippen LogP contribution in [-0.4, -0.2) is 31.2 Å². The third kappa shape index (κ3) is 5.30. The molecule has 2 N–H and O–H groups in total. The van der Waals surface area contributed by atoms with Gasteiger partial charge in [0.05, 0.1) is 5.69 Å². The molecule has 0 spiro atoms. The van der Waals surface area contributed by atoms with Gasteiger partial charge in [0.15, 0.2) is 11.6 Å². The molecule has 35 heavy (non-hydrogen) atoms. The van der Waals surface area contributed by atoms with Gasteiger partial charge in [-0.2, -0.15) is 10.1 Å². The molecule has 2 heterocycles. The zero-order valence-electron chi connectivity index (χ0n) is 18.6. The molecule has 0 radical (unpaired) electrons. The van der Waals surface area contributed by atoms with Crippen LogP contribution in [-0.2, 0) is 11.2 Å². The van der Waals surface area contributed by atoms with Gasteiger partial charge in [0, 0.05) is 29.5 Å². The second-order valence-corrected chi connectivity index (χ2v) is 7.84. The highest BCUT2D eigenvalue weighted by atomic mass is 19.1. The van der Waals surface area contributed by atoms with Crippen molar-refractivity contribution in [3.63, 3.8) is 0 Å². The molecule has 0 saturated carbocycles. The number of amides is 1. The SMILES string of the molecule is O=C(CCCc1nc(-c2ccc(F)cc2)no1)Nc1ccccc1-c1nc(-c2ccccc2)n[nH]1. The summed E-state index contributed by atoms with van der Waals surface area (Å²) in [7, 11) is 0. The van der Waals surface area contributed by atoms with Crippen LogP contribution in [0.3, 0.4) is 0 Å². The predicted molar refractivity (Wildman–Crippen MR) is 129 cm³/mol. The number of para-hydroxylation sites is 1. The number of nitrogens with zero attached hydrogens (tertiary/aromatic N) is 4. The normalized spacial score (nSPS) is 10.9. The lowest BCUT2D eigenvalue weighted by atomic mass is 10.1. The van der Waals surface area contributed by atoms with Crippen molar-refractivity contribution in [2.75, 3.05) is 5.32 Å². The molecule has 5 rings (SSSR count). The molecular weight excluding hydrogens is 447 g/mol. The van der Waals surface area contributed by atoms with Crippen molar-refractivity contribution in [2.45, 2.75) is 19.3 Å². The quantitative estimate of drug-likeness (QED) is 0.320. The maximum atomic E-state index is 13.1. The predicted octanol–water partition coefficient (Wildman–Crippen LogP) is 5.29. The molecule has 0 bridgehead atoms. The molecule has 0 atom stereocenters. The van der Waals surface area contributed by atoms with Gasteiger partial charge in [-0.1, -0.05) is 47.6 Å². The van der Waals surface area contributed by atoms with Gasteiger partial charge in [0.2, 0.25) is 17.6 Å². The van der Waals surface area contributed by atoms with E-state index in [-0.39, 0.29) is 18.1 Å². The van der Waals surface area contributed by atoms with Crippen LogP contribution in [0.1, 0.15) is 18.7 Å². The molecule has 174 valence electrons. The first kappa shape index (κ1) is 22.1. The number of aromatic amines is 1. The number of nitrogens with one attached hydrogen (secondary N) is 2. The second-order valence-electron chi connectivity index (χ2n) is 7.84. The lowest BCUT2D eigenvalue weighted by Gasteiger charge is -2.09. The van der Waals surface area contributed by atoms with Crippen LogP contribution < -0.4 is 5.32 Å². The average molecular weight is 468 g/mol. The van der Waals surface area contributed by atoms with Crippen LogP contribution in [0.25, 0.3) is 34.2 Å². The van der Waals surface area contributed by atoms with E-state index in [2.05, 4.69) is 30.6 Å². The number of aryl methyl sites for hydroxylation is 1. The maximum Gasteiger partial charge on any atom is 0.226 e. The van der Waals surface area contributed by atoms with Crippen molar-refractivity contribution < 1.29 is 13.7 Å². The highest BCUT2D eigenvalue weighted by molar-refractivity contribution is 5.94. The summed E-state index contributed by atoms with van der Waals surface area (Å²) in [6.07, 6.45) is 1.25. The van der Waals surface area contributed by atoms with Crippen LogP contribution in [0.4, 0.5) is 10.1 Å². The number of benzene rings is 3. The van der Waals surface area contributed by atoms with Crippen molar-refractivity contribution in [2.24, 2.45) is 0 Å². The molecule has 0 aliphatic heterocycles. The molecule has 2 aromatic heterocycles. The summed E-state index contributed by atoms with van der Waals surface area (Å²) in [5, 5.41) is 14.1. The number of H-pyrrole nitrogens is 1. The highest BCUT2D eigenvalue weighted by Crippen LogP contribution is 2.27. The molecule has 0 unspecified atom stereocenters. The van der Waals surface area contributed by atoms with E-state index in [9.17, 15) is 9.18 Å². The Morgan fingerprint density at radius 2 is 1.63 bits per heavy atom. The number of carbonyl (C=O) groups is 1. The van der Waals surface area contributed by atoms with E-state index in [1.165, 1.54) is 12.1 Å². The largest absolute Gasteiger partial charge is 0.339 e. The number of hydrogen-bond acceptors (Lipinski definition) is 6. The monoisotopic (exact) mass is 468 g/mol. The smallest absolute Gasteiger partial charge is 0.226 e. The molecule has 3 aromatic carbocycles. The Labute approximate surface area is 200 Å². The van der Waals surface area contributed by atoms with E-state index in [0.717, 1.165) is 11.1 Å². The van der Waals surface area contributed by atoms with Gasteiger partial charge in [-0.05, 0) is 42.8 Å². The van der Waals surface area contributed by atoms with Crippen molar-refractivity contribution >= 4 is 11.6 Å². The van der Waals surface area contributed by atoms with Gasteiger partial charge in [-0.3, -0.25) is 9.89 Å². The zero-order chi connectivity index (χ0) is 24.0. The Bertz CT molecular complexity index is 1430. The van der Waals surface area contributed by atoms with Crippen LogP contribution in [0.15, 0.2) is 83.4 Å². The number of aromatic nitrogens is 5. The van der Waals surface area contributed by atoms with Crippen LogP contribution in [0.2, 0.25) is 0 Å². The highest BCUT2D eigenvalue weighted by Gasteiger charge is 2.14. The minimum absolute atomic E-state index is 0.140. The van der Waals surface area contributed by atoms with Crippen molar-refractivity contribution in [3.05, 3.63) is 90.6 Å². The summed E-state index contributed by atoms with van der Waals surface area (Å²) in [4.78, 5) is 21.5. The van der Waals surface area contributed by atoms with Gasteiger partial charge in [-0.15, -0.1) is 0 Å². The van der Waals surface area contributed by atoms with Gasteiger partial charge >= 0.3 is 0 Å². The second kappa shape index (κ2) is 10.1. The van der Waals surface area contributed by atoms with Gasteiger partial charge in [-0.25, -0.2) is 9.37 Å². The summed E-state index contributed by atoms with van der Waals surface area (Å²) in [6.45, 7) is 0. The van der Waals surface area contributed by atoms with E-state index >= 15 is 0 Å². The number of halogens is 1.